The van der Waals surface area contributed by atoms with E-state index in [-0.39, 0.29) is 21.0 Å². The molecule has 4 aromatic rings. The second kappa shape index (κ2) is 27.2. The number of thiophene rings is 1. The number of benzene rings is 1. The van der Waals surface area contributed by atoms with Crippen molar-refractivity contribution < 1.29 is 34.0 Å². The van der Waals surface area contributed by atoms with Gasteiger partial charge < -0.3 is 9.47 Å². The first kappa shape index (κ1) is 44.9. The van der Waals surface area contributed by atoms with Gasteiger partial charge in [0, 0.05) is 58.0 Å². The van der Waals surface area contributed by atoms with Gasteiger partial charge in [-0.1, -0.05) is 29.0 Å². The van der Waals surface area contributed by atoms with Gasteiger partial charge in [-0.25, -0.2) is 15.0 Å². The fourth-order valence-electron chi connectivity index (χ4n) is 4.33. The van der Waals surface area contributed by atoms with E-state index in [0.29, 0.717) is 12.2 Å². The number of fused-ring (bicyclic) bond motifs is 3. The summed E-state index contributed by atoms with van der Waals surface area (Å²) >= 11 is 4.80. The minimum absolute atomic E-state index is 0. The van der Waals surface area contributed by atoms with Gasteiger partial charge >= 0.3 is 5.69 Å². The largest absolute Gasteiger partial charge is 0.497 e. The summed E-state index contributed by atoms with van der Waals surface area (Å²) in [5.74, 6) is 46.4. The van der Waals surface area contributed by atoms with Gasteiger partial charge in [-0.05, 0) is 143 Å². The van der Waals surface area contributed by atoms with Crippen LogP contribution in [0.1, 0.15) is 34.3 Å². The Hall–Kier alpha value is -7.48. The minimum atomic E-state index is -0.180. The van der Waals surface area contributed by atoms with Gasteiger partial charge in [0.05, 0.1) is 32.3 Å². The quantitative estimate of drug-likeness (QED) is 0.0484. The van der Waals surface area contributed by atoms with E-state index in [1.165, 1.54) is 15.7 Å². The van der Waals surface area contributed by atoms with E-state index in [4.69, 9.17) is 20.3 Å². The predicted molar refractivity (Wildman–Crippen MR) is 233 cm³/mol. The number of nitrogens with zero attached hydrogens (tertiary/aromatic N) is 9. The third kappa shape index (κ3) is 15.7. The topological polar surface area (TPSA) is 177 Å². The lowest BCUT2D eigenvalue weighted by atomic mass is 10.2. The van der Waals surface area contributed by atoms with Crippen molar-refractivity contribution >= 4 is 40.1 Å². The molecule has 0 aliphatic carbocycles. The van der Waals surface area contributed by atoms with Gasteiger partial charge in [0.2, 0.25) is 0 Å². The third-order valence-corrected chi connectivity index (χ3v) is 7.96. The lowest BCUT2D eigenvalue weighted by Crippen LogP contribution is -2.35. The summed E-state index contributed by atoms with van der Waals surface area (Å²) in [7, 11) is 1.64. The Morgan fingerprint density at radius 2 is 1.47 bits per heavy atom. The number of hydrogen-bond acceptors (Lipinski definition) is 13. The molecule has 0 spiro atoms. The number of morpholine rings is 1. The van der Waals surface area contributed by atoms with Crippen LogP contribution in [0.15, 0.2) is 57.1 Å². The van der Waals surface area contributed by atoms with E-state index in [9.17, 15) is 4.79 Å². The highest BCUT2D eigenvalue weighted by molar-refractivity contribution is 7.75. The van der Waals surface area contributed by atoms with Crippen molar-refractivity contribution in [2.75, 3.05) is 33.4 Å². The molecular formula is C40H44N10O6S2. The van der Waals surface area contributed by atoms with E-state index in [0.717, 1.165) is 54.4 Å². The Balaban J connectivity index is -0.000000296. The van der Waals surface area contributed by atoms with E-state index in [1.807, 2.05) is 24.3 Å². The zero-order chi connectivity index (χ0) is 41.6. The number of rotatable bonds is 9. The molecule has 0 bridgehead atoms. The van der Waals surface area contributed by atoms with Crippen LogP contribution < -0.4 is 10.4 Å². The van der Waals surface area contributed by atoms with Gasteiger partial charge in [0.15, 0.2) is 5.65 Å². The number of thiol groups is 1. The van der Waals surface area contributed by atoms with E-state index in [2.05, 4.69) is 165 Å². The average molecular weight is 825 g/mol. The summed E-state index contributed by atoms with van der Waals surface area (Å²) in [5.41, 5.74) is 7.52. The van der Waals surface area contributed by atoms with Gasteiger partial charge in [-0.2, -0.15) is 19.4 Å². The first-order chi connectivity index (χ1) is 28.5. The van der Waals surface area contributed by atoms with E-state index < -0.39 is 0 Å². The van der Waals surface area contributed by atoms with E-state index >= 15 is 0 Å². The van der Waals surface area contributed by atoms with Crippen LogP contribution in [-0.2, 0) is 27.1 Å². The lowest BCUT2D eigenvalue weighted by molar-refractivity contribution is -0.478. The zero-order valence-corrected chi connectivity index (χ0v) is 32.8. The predicted octanol–water partition coefficient (Wildman–Crippen LogP) is 5.56. The molecule has 16 nitrogen and oxygen atoms in total. The molecule has 5 rings (SSSR count). The highest BCUT2D eigenvalue weighted by atomic mass is 32.1. The fraction of sp³-hybridized carbons (Fsp3) is 0.225. The SMILES string of the molecule is CC#CC#CC#CC#CC#CC#CC#CC#CC#CC.COc1ccc(Cn2c(=O)n3ncnc3c3cc(CN4CCOCC4)sc32)cc1.N=N/N=N/N(OO)OS.[HH].[HH].[HH].[HH].[HH].[HH].[HH]. The van der Waals surface area contributed by atoms with Crippen LogP contribution in [-0.4, -0.2) is 68.1 Å². The number of methoxy groups -OCH3 is 1. The molecule has 0 unspecified atom stereocenters. The average Bonchev–Trinajstić information content (AvgIpc) is 3.92. The molecule has 18 heteroatoms. The number of ether oxygens (including phenoxy) is 2. The maximum absolute atomic E-state index is 13.1. The molecule has 1 saturated heterocycles. The molecule has 4 heterocycles. The summed E-state index contributed by atoms with van der Waals surface area (Å²) in [6.07, 6.45) is 1.44. The molecule has 1 fully saturated rings. The molecule has 0 radical (unpaired) electrons. The number of nitrogens with one attached hydrogen (secondary N) is 1. The first-order valence-corrected chi connectivity index (χ1v) is 17.5. The first-order valence-electron chi connectivity index (χ1n) is 16.3. The van der Waals surface area contributed by atoms with Gasteiger partial charge in [-0.3, -0.25) is 9.47 Å². The Kier molecular flexibility index (Phi) is 21.0. The Morgan fingerprint density at radius 1 is 0.914 bits per heavy atom. The van der Waals surface area contributed by atoms with Crippen LogP contribution in [0.4, 0.5) is 0 Å². The third-order valence-electron chi connectivity index (χ3n) is 6.68. The van der Waals surface area contributed by atoms with Gasteiger partial charge in [0.1, 0.15) is 16.9 Å². The standard InChI is InChI=1S/C20H21N5O3S.C20H6.H3N5O3S.7H2/c1-27-15-4-2-14(3-5-15)11-24-19-17(18-21-13-22-25(18)20(24)26)10-16(29-19)12-23-6-8-28-9-7-23;1-3-5-7-9-11-13-15-17-19-20-18-16-14-12-10-8-6-4-2;1-2-3-4-5(7-6)8-9;;;;;;;/h2-5,10,13H,6-9,11-12H2,1H3;1-2H3;1,6,9H;7*1H/b;;2-1?,4-3+;;;;;;;. The molecule has 58 heavy (non-hydrogen) atoms. The van der Waals surface area contributed by atoms with Crippen molar-refractivity contribution in [1.29, 1.82) is 5.53 Å². The maximum Gasteiger partial charge on any atom is 0.352 e. The Morgan fingerprint density at radius 3 is 1.95 bits per heavy atom. The van der Waals surface area contributed by atoms with E-state index in [1.54, 1.807) is 36.9 Å². The molecule has 0 atom stereocenters. The summed E-state index contributed by atoms with van der Waals surface area (Å²) in [6, 6.07) is 9.91. The monoisotopic (exact) mass is 824 g/mol. The molecule has 0 saturated carbocycles. The second-order valence-electron chi connectivity index (χ2n) is 10.2. The van der Waals surface area contributed by atoms with Crippen LogP contribution in [0.2, 0.25) is 0 Å². The van der Waals surface area contributed by atoms with Crippen LogP contribution in [0.3, 0.4) is 0 Å². The van der Waals surface area contributed by atoms with Crippen LogP contribution in [0.25, 0.3) is 15.9 Å². The highest BCUT2D eigenvalue weighted by Gasteiger charge is 2.18. The summed E-state index contributed by atoms with van der Waals surface area (Å²) in [6.45, 7) is 8.10. The van der Waals surface area contributed by atoms with Crippen molar-refractivity contribution in [2.45, 2.75) is 26.9 Å². The number of hydrogen-bond donors (Lipinski definition) is 3. The maximum atomic E-state index is 13.1. The second-order valence-corrected chi connectivity index (χ2v) is 11.5. The summed E-state index contributed by atoms with van der Waals surface area (Å²) in [4.78, 5) is 25.3. The van der Waals surface area contributed by atoms with Crippen LogP contribution >= 0.6 is 24.2 Å². The van der Waals surface area contributed by atoms with Crippen molar-refractivity contribution in [2.24, 2.45) is 15.7 Å². The smallest absolute Gasteiger partial charge is 0.352 e. The van der Waals surface area contributed by atoms with Crippen molar-refractivity contribution in [3.05, 3.63) is 57.6 Å². The summed E-state index contributed by atoms with van der Waals surface area (Å²) in [5, 5.41) is 20.9. The molecule has 0 amide bonds. The molecule has 3 aromatic heterocycles. The molecule has 302 valence electrons. The van der Waals surface area contributed by atoms with Gasteiger partial charge in [0.25, 0.3) is 0 Å². The number of aromatic nitrogens is 4. The molecular weight excluding hydrogens is 781 g/mol. The van der Waals surface area contributed by atoms with Crippen LogP contribution in [0.5, 0.6) is 5.75 Å². The molecule has 1 aliphatic heterocycles. The highest BCUT2D eigenvalue weighted by Crippen LogP contribution is 2.29. The van der Waals surface area contributed by atoms with Crippen LogP contribution in [0, 0.1) is 112 Å². The molecule has 1 aliphatic rings. The van der Waals surface area contributed by atoms with Gasteiger partial charge in [-0.15, -0.1) is 11.3 Å². The summed E-state index contributed by atoms with van der Waals surface area (Å²) < 4.78 is 17.7. The van der Waals surface area contributed by atoms with Crippen molar-refractivity contribution in [3.63, 3.8) is 0 Å². The Labute approximate surface area is 354 Å². The lowest BCUT2D eigenvalue weighted by Gasteiger charge is -2.25. The molecule has 1 aromatic carbocycles. The van der Waals surface area contributed by atoms with Crippen molar-refractivity contribution in [3.8, 4) is 112 Å². The zero-order valence-electron chi connectivity index (χ0n) is 31.1. The molecule has 2 N–H and O–H groups in total. The fourth-order valence-corrected chi connectivity index (χ4v) is 5.58. The minimum Gasteiger partial charge on any atom is -0.497 e. The Bertz CT molecular complexity index is 2670. The van der Waals surface area contributed by atoms with Crippen molar-refractivity contribution in [1.82, 2.24) is 29.4 Å². The normalized spacial score (nSPS) is 10.6.